The van der Waals surface area contributed by atoms with Crippen molar-refractivity contribution in [2.45, 2.75) is 17.3 Å². The number of hydrogen-bond acceptors (Lipinski definition) is 4. The van der Waals surface area contributed by atoms with Gasteiger partial charge < -0.3 is 0 Å². The van der Waals surface area contributed by atoms with E-state index in [1.807, 2.05) is 0 Å². The maximum absolute atomic E-state index is 13.9. The predicted molar refractivity (Wildman–Crippen MR) is 95.0 cm³/mol. The Bertz CT molecular complexity index is 1030. The fourth-order valence-electron chi connectivity index (χ4n) is 2.37. The van der Waals surface area contributed by atoms with Crippen molar-refractivity contribution in [3.05, 3.63) is 52.8 Å². The monoisotopic (exact) mass is 421 g/mol. The maximum Gasteiger partial charge on any atom is 0.358 e. The molecule has 0 fully saturated rings. The first-order chi connectivity index (χ1) is 11.8. The van der Waals surface area contributed by atoms with Gasteiger partial charge in [0.1, 0.15) is 4.60 Å². The lowest BCUT2D eigenvalue weighted by Crippen LogP contribution is -2.22. The summed E-state index contributed by atoms with van der Waals surface area (Å²) in [4.78, 5) is 15.2. The Hall–Kier alpha value is -2.24. The number of fused-ring (bicyclic) bond motifs is 1. The number of carbonyl (C=O) groups excluding carboxylic acids is 1. The molecule has 4 nitrogen and oxygen atoms in total. The molecule has 3 aromatic rings. The lowest BCUT2D eigenvalue weighted by Gasteiger charge is -2.15. The van der Waals surface area contributed by atoms with Crippen molar-refractivity contribution in [1.29, 1.82) is 5.26 Å². The number of nitriles is 1. The molecule has 0 aliphatic rings. The highest BCUT2D eigenvalue weighted by atomic mass is 79.9. The molecule has 0 saturated carbocycles. The van der Waals surface area contributed by atoms with Gasteiger partial charge >= 0.3 is 5.25 Å². The van der Waals surface area contributed by atoms with Crippen LogP contribution in [0, 0.1) is 11.3 Å². The Kier molecular flexibility index (Phi) is 4.62. The van der Waals surface area contributed by atoms with E-state index in [9.17, 15) is 18.8 Å². The van der Waals surface area contributed by atoms with Crippen LogP contribution in [0.5, 0.6) is 0 Å². The Labute approximate surface area is 154 Å². The molecule has 0 unspecified atom stereocenters. The van der Waals surface area contributed by atoms with Crippen LogP contribution >= 0.6 is 27.7 Å². The highest BCUT2D eigenvalue weighted by Gasteiger charge is 2.38. The van der Waals surface area contributed by atoms with Gasteiger partial charge in [-0.15, -0.1) is 0 Å². The van der Waals surface area contributed by atoms with E-state index < -0.39 is 11.0 Å². The number of imidazole rings is 1. The van der Waals surface area contributed by atoms with Crippen LogP contribution in [-0.2, 0) is 4.79 Å². The third-order valence-electron chi connectivity index (χ3n) is 3.58. The topological polar surface area (TPSA) is 58.7 Å². The summed E-state index contributed by atoms with van der Waals surface area (Å²) in [6.45, 7) is 0.840. The van der Waals surface area contributed by atoms with E-state index in [-0.39, 0.29) is 16.9 Å². The summed E-state index contributed by atoms with van der Waals surface area (Å²) in [5, 5.41) is 7.08. The molecule has 126 valence electrons. The number of alkyl halides is 2. The molecule has 0 atom stereocenters. The van der Waals surface area contributed by atoms with Crippen LogP contribution in [0.15, 0.2) is 52.4 Å². The number of halogens is 3. The first kappa shape index (κ1) is 17.6. The van der Waals surface area contributed by atoms with Crippen molar-refractivity contribution in [2.24, 2.45) is 0 Å². The summed E-state index contributed by atoms with van der Waals surface area (Å²) >= 11 is 3.40. The minimum absolute atomic E-state index is 0.0260. The maximum atomic E-state index is 13.9. The van der Waals surface area contributed by atoms with Crippen LogP contribution < -0.4 is 0 Å². The molecule has 1 heterocycles. The van der Waals surface area contributed by atoms with Crippen LogP contribution in [0.2, 0.25) is 0 Å². The third-order valence-corrected chi connectivity index (χ3v) is 5.15. The van der Waals surface area contributed by atoms with Crippen molar-refractivity contribution in [3.8, 4) is 11.8 Å². The molecule has 0 amide bonds. The molecule has 2 aromatic carbocycles. The first-order valence-corrected chi connectivity index (χ1v) is 8.69. The van der Waals surface area contributed by atoms with Crippen LogP contribution in [-0.4, -0.2) is 20.6 Å². The van der Waals surface area contributed by atoms with Gasteiger partial charge in [0.25, 0.3) is 0 Å². The zero-order chi connectivity index (χ0) is 18.2. The quantitative estimate of drug-likeness (QED) is 0.560. The number of thioether (sulfide) groups is 1. The third kappa shape index (κ3) is 3.17. The Balaban J connectivity index is 2.22. The molecular weight excluding hydrogens is 412 g/mol. The van der Waals surface area contributed by atoms with Crippen LogP contribution in [0.4, 0.5) is 8.78 Å². The molecule has 25 heavy (non-hydrogen) atoms. The number of nitrogens with zero attached hydrogens (tertiary/aromatic N) is 3. The zero-order valence-corrected chi connectivity index (χ0v) is 15.2. The lowest BCUT2D eigenvalue weighted by molar-refractivity contribution is -0.130. The molecule has 1 aromatic heterocycles. The standard InChI is InChI=1S/C17H10BrF2N3OS/c1-10(24)17(19,20)25-16-22-9-15(18)23(16)14-7-6-11(8-21)12-4-2-3-5-13(12)14/h2-7,9H,1H3. The number of hydrogen-bond donors (Lipinski definition) is 0. The van der Waals surface area contributed by atoms with Crippen LogP contribution in [0.3, 0.4) is 0 Å². The van der Waals surface area contributed by atoms with Crippen molar-refractivity contribution in [1.82, 2.24) is 9.55 Å². The summed E-state index contributed by atoms with van der Waals surface area (Å²) < 4.78 is 29.7. The number of carbonyl (C=O) groups is 1. The van der Waals surface area contributed by atoms with E-state index in [4.69, 9.17) is 0 Å². The van der Waals surface area contributed by atoms with E-state index >= 15 is 0 Å². The fraction of sp³-hybridized carbons (Fsp3) is 0.118. The van der Waals surface area contributed by atoms with Gasteiger partial charge in [0.2, 0.25) is 5.78 Å². The average Bonchev–Trinajstić information content (AvgIpc) is 2.93. The molecule has 0 aliphatic carbocycles. The lowest BCUT2D eigenvalue weighted by atomic mass is 10.0. The van der Waals surface area contributed by atoms with Gasteiger partial charge in [0.05, 0.1) is 23.5 Å². The molecular formula is C17H10BrF2N3OS. The number of rotatable bonds is 4. The van der Waals surface area contributed by atoms with E-state index in [0.717, 1.165) is 6.92 Å². The number of Topliss-reactive ketones (excluding diaryl/α,β-unsaturated/α-hetero) is 1. The van der Waals surface area contributed by atoms with Crippen LogP contribution in [0.25, 0.3) is 16.5 Å². The molecule has 3 rings (SSSR count). The Morgan fingerprint density at radius 1 is 1.28 bits per heavy atom. The Morgan fingerprint density at radius 3 is 2.60 bits per heavy atom. The van der Waals surface area contributed by atoms with Gasteiger partial charge in [-0.2, -0.15) is 14.0 Å². The second kappa shape index (κ2) is 6.58. The molecule has 0 radical (unpaired) electrons. The molecule has 0 saturated heterocycles. The minimum atomic E-state index is -3.58. The van der Waals surface area contributed by atoms with Gasteiger partial charge in [-0.3, -0.25) is 9.36 Å². The van der Waals surface area contributed by atoms with Crippen molar-refractivity contribution in [3.63, 3.8) is 0 Å². The van der Waals surface area contributed by atoms with E-state index in [0.29, 0.717) is 26.6 Å². The average molecular weight is 422 g/mol. The van der Waals surface area contributed by atoms with E-state index in [1.54, 1.807) is 36.4 Å². The molecule has 8 heteroatoms. The molecule has 0 spiro atoms. The van der Waals surface area contributed by atoms with Crippen LogP contribution in [0.1, 0.15) is 12.5 Å². The van der Waals surface area contributed by atoms with Crippen molar-refractivity contribution in [2.75, 3.05) is 0 Å². The second-order valence-electron chi connectivity index (χ2n) is 5.16. The molecule has 0 bridgehead atoms. The summed E-state index contributed by atoms with van der Waals surface area (Å²) in [5.74, 6) is -1.24. The molecule has 0 aliphatic heterocycles. The summed E-state index contributed by atoms with van der Waals surface area (Å²) in [7, 11) is 0. The van der Waals surface area contributed by atoms with Gasteiger partial charge in [-0.05, 0) is 39.8 Å². The predicted octanol–water partition coefficient (Wildman–Crippen LogP) is 4.93. The largest absolute Gasteiger partial charge is 0.358 e. The number of aromatic nitrogens is 2. The smallest absolute Gasteiger partial charge is 0.292 e. The number of ketones is 1. The number of benzene rings is 2. The normalized spacial score (nSPS) is 11.5. The minimum Gasteiger partial charge on any atom is -0.292 e. The summed E-state index contributed by atoms with van der Waals surface area (Å²) in [6.07, 6.45) is 1.39. The van der Waals surface area contributed by atoms with Gasteiger partial charge in [-0.25, -0.2) is 4.98 Å². The van der Waals surface area contributed by atoms with Crippen molar-refractivity contribution < 1.29 is 13.6 Å². The van der Waals surface area contributed by atoms with Gasteiger partial charge in [0, 0.05) is 17.7 Å². The van der Waals surface area contributed by atoms with E-state index in [1.165, 1.54) is 10.8 Å². The zero-order valence-electron chi connectivity index (χ0n) is 12.8. The van der Waals surface area contributed by atoms with E-state index in [2.05, 4.69) is 27.0 Å². The SMILES string of the molecule is CC(=O)C(F)(F)Sc1ncc(Br)n1-c1ccc(C#N)c2ccccc12. The highest BCUT2D eigenvalue weighted by molar-refractivity contribution is 9.10. The molecule has 0 N–H and O–H groups in total. The fourth-order valence-corrected chi connectivity index (χ4v) is 3.71. The Morgan fingerprint density at radius 2 is 1.96 bits per heavy atom. The van der Waals surface area contributed by atoms with Gasteiger partial charge in [-0.1, -0.05) is 24.3 Å². The highest BCUT2D eigenvalue weighted by Crippen LogP contribution is 2.39. The first-order valence-electron chi connectivity index (χ1n) is 7.08. The summed E-state index contributed by atoms with van der Waals surface area (Å²) in [5.41, 5.74) is 1.07. The van der Waals surface area contributed by atoms with Gasteiger partial charge in [0.15, 0.2) is 5.16 Å². The second-order valence-corrected chi connectivity index (χ2v) is 7.06. The summed E-state index contributed by atoms with van der Waals surface area (Å²) in [6, 6.07) is 12.6. The van der Waals surface area contributed by atoms with Crippen molar-refractivity contribution >= 4 is 44.2 Å².